The first-order chi connectivity index (χ1) is 15.9. The summed E-state index contributed by atoms with van der Waals surface area (Å²) >= 11 is 8.48. The van der Waals surface area contributed by atoms with Crippen LogP contribution < -0.4 is 20.1 Å². The van der Waals surface area contributed by atoms with Crippen LogP contribution in [-0.2, 0) is 9.59 Å². The third kappa shape index (κ3) is 7.21. The van der Waals surface area contributed by atoms with E-state index in [4.69, 9.17) is 21.1 Å². The van der Waals surface area contributed by atoms with Gasteiger partial charge in [-0.25, -0.2) is 0 Å². The summed E-state index contributed by atoms with van der Waals surface area (Å²) in [5.41, 5.74) is 2.34. The molecule has 0 radical (unpaired) electrons. The van der Waals surface area contributed by atoms with Crippen molar-refractivity contribution in [1.82, 2.24) is 10.2 Å². The lowest BCUT2D eigenvalue weighted by Crippen LogP contribution is -2.13. The summed E-state index contributed by atoms with van der Waals surface area (Å²) in [5, 5.41) is 14.3. The molecule has 0 fully saturated rings. The van der Waals surface area contributed by atoms with Gasteiger partial charge in [-0.15, -0.1) is 10.2 Å². The number of carbonyl (C=O) groups excluding carboxylic acids is 2. The number of benzene rings is 2. The van der Waals surface area contributed by atoms with Crippen LogP contribution in [0.5, 0.6) is 11.5 Å². The van der Waals surface area contributed by atoms with E-state index in [0.717, 1.165) is 11.1 Å². The van der Waals surface area contributed by atoms with Crippen LogP contribution in [-0.4, -0.2) is 42.0 Å². The van der Waals surface area contributed by atoms with Gasteiger partial charge < -0.3 is 14.8 Å². The van der Waals surface area contributed by atoms with Crippen molar-refractivity contribution in [2.24, 2.45) is 0 Å². The Morgan fingerprint density at radius 2 is 1.88 bits per heavy atom. The molecular weight excluding hydrogens is 484 g/mol. The minimum absolute atomic E-state index is 0.146. The molecule has 1 heterocycles. The Labute approximate surface area is 204 Å². The Kier molecular flexibility index (Phi) is 8.70. The number of hydrogen-bond donors (Lipinski definition) is 2. The number of methoxy groups -OCH3 is 2. The van der Waals surface area contributed by atoms with E-state index in [1.807, 2.05) is 13.0 Å². The van der Waals surface area contributed by atoms with Gasteiger partial charge >= 0.3 is 0 Å². The smallest absolute Gasteiger partial charge is 0.250 e. The number of aromatic nitrogens is 2. The summed E-state index contributed by atoms with van der Waals surface area (Å²) < 4.78 is 11.0. The fraction of sp³-hybridized carbons (Fsp3) is 0.182. The van der Waals surface area contributed by atoms with Crippen molar-refractivity contribution in [2.45, 2.75) is 11.3 Å². The molecule has 0 aliphatic rings. The number of carbonyl (C=O) groups is 2. The summed E-state index contributed by atoms with van der Waals surface area (Å²) in [7, 11) is 3.10. The number of rotatable bonds is 9. The molecular formula is C22H21ClN4O4S2. The number of ether oxygens (including phenoxy) is 2. The van der Waals surface area contributed by atoms with Crippen molar-refractivity contribution in [3.63, 3.8) is 0 Å². The van der Waals surface area contributed by atoms with Gasteiger partial charge in [0.2, 0.25) is 16.9 Å². The highest BCUT2D eigenvalue weighted by molar-refractivity contribution is 8.01. The lowest BCUT2D eigenvalue weighted by atomic mass is 10.2. The highest BCUT2D eigenvalue weighted by atomic mass is 35.5. The molecule has 0 aliphatic carbocycles. The Bertz CT molecular complexity index is 1180. The van der Waals surface area contributed by atoms with Crippen LogP contribution >= 0.6 is 34.7 Å². The summed E-state index contributed by atoms with van der Waals surface area (Å²) in [6.07, 6.45) is 3.03. The molecule has 11 heteroatoms. The van der Waals surface area contributed by atoms with Crippen LogP contribution in [0.4, 0.5) is 10.8 Å². The molecule has 8 nitrogen and oxygen atoms in total. The number of nitrogens with one attached hydrogen (secondary N) is 2. The zero-order chi connectivity index (χ0) is 23.8. The minimum Gasteiger partial charge on any atom is -0.493 e. The second-order valence-corrected chi connectivity index (χ2v) is 9.22. The lowest BCUT2D eigenvalue weighted by Gasteiger charge is -2.07. The number of hydrogen-bond acceptors (Lipinski definition) is 8. The van der Waals surface area contributed by atoms with E-state index in [1.54, 1.807) is 50.6 Å². The van der Waals surface area contributed by atoms with E-state index in [1.165, 1.54) is 29.2 Å². The van der Waals surface area contributed by atoms with E-state index in [2.05, 4.69) is 20.8 Å². The van der Waals surface area contributed by atoms with Crippen LogP contribution in [0.2, 0.25) is 5.02 Å². The van der Waals surface area contributed by atoms with Gasteiger partial charge in [-0.1, -0.05) is 46.8 Å². The summed E-state index contributed by atoms with van der Waals surface area (Å²) in [4.78, 5) is 24.4. The maximum atomic E-state index is 12.2. The molecule has 3 aromatic rings. The molecule has 0 unspecified atom stereocenters. The van der Waals surface area contributed by atoms with Crippen LogP contribution in [0.3, 0.4) is 0 Å². The van der Waals surface area contributed by atoms with E-state index >= 15 is 0 Å². The normalized spacial score (nSPS) is 10.8. The standard InChI is InChI=1S/C22H21ClN4O4S2/c1-13-4-7-15(11-16(13)23)24-20(29)12-32-22-27-26-21(33-22)25-19(28)9-6-14-5-8-17(30-2)18(10-14)31-3/h4-11H,12H2,1-3H3,(H,24,29)(H,25,26,28)/b9-6+. The van der Waals surface area contributed by atoms with Crippen LogP contribution in [0, 0.1) is 6.92 Å². The fourth-order valence-corrected chi connectivity index (χ4v) is 4.32. The second-order valence-electron chi connectivity index (χ2n) is 6.61. The van der Waals surface area contributed by atoms with Crippen LogP contribution in [0.1, 0.15) is 11.1 Å². The maximum Gasteiger partial charge on any atom is 0.250 e. The minimum atomic E-state index is -0.355. The number of halogens is 1. The molecule has 0 bridgehead atoms. The largest absolute Gasteiger partial charge is 0.493 e. The summed E-state index contributed by atoms with van der Waals surface area (Å²) in [6.45, 7) is 1.89. The predicted molar refractivity (Wildman–Crippen MR) is 133 cm³/mol. The van der Waals surface area contributed by atoms with Gasteiger partial charge in [-0.3, -0.25) is 14.9 Å². The Hall–Kier alpha value is -3.08. The van der Waals surface area contributed by atoms with E-state index in [0.29, 0.717) is 31.7 Å². The number of amides is 2. The van der Waals surface area contributed by atoms with E-state index in [-0.39, 0.29) is 17.6 Å². The van der Waals surface area contributed by atoms with E-state index in [9.17, 15) is 9.59 Å². The average Bonchev–Trinajstić information content (AvgIpc) is 3.25. The molecule has 0 spiro atoms. The summed E-state index contributed by atoms with van der Waals surface area (Å²) in [6, 6.07) is 10.7. The Balaban J connectivity index is 1.49. The third-order valence-corrected chi connectivity index (χ3v) is 6.63. The monoisotopic (exact) mass is 504 g/mol. The highest BCUT2D eigenvalue weighted by Crippen LogP contribution is 2.28. The van der Waals surface area contributed by atoms with Crippen molar-refractivity contribution >= 4 is 63.4 Å². The van der Waals surface area contributed by atoms with Gasteiger partial charge in [0.05, 0.1) is 20.0 Å². The lowest BCUT2D eigenvalue weighted by molar-refractivity contribution is -0.114. The van der Waals surface area contributed by atoms with Crippen molar-refractivity contribution in [3.05, 3.63) is 58.6 Å². The van der Waals surface area contributed by atoms with Gasteiger partial charge in [0, 0.05) is 16.8 Å². The number of thioether (sulfide) groups is 1. The van der Waals surface area contributed by atoms with Crippen LogP contribution in [0.15, 0.2) is 46.8 Å². The van der Waals surface area contributed by atoms with Crippen molar-refractivity contribution in [3.8, 4) is 11.5 Å². The number of nitrogens with zero attached hydrogens (tertiary/aromatic N) is 2. The predicted octanol–water partition coefficient (Wildman–Crippen LogP) is 4.90. The molecule has 2 N–H and O–H groups in total. The molecule has 3 rings (SSSR count). The number of anilines is 2. The van der Waals surface area contributed by atoms with E-state index < -0.39 is 0 Å². The molecule has 2 aromatic carbocycles. The zero-order valence-corrected chi connectivity index (χ0v) is 20.4. The average molecular weight is 505 g/mol. The Morgan fingerprint density at radius 3 is 2.61 bits per heavy atom. The van der Waals surface area contributed by atoms with Gasteiger partial charge in [0.1, 0.15) is 0 Å². The van der Waals surface area contributed by atoms with Gasteiger partial charge in [0.15, 0.2) is 15.8 Å². The maximum absolute atomic E-state index is 12.2. The van der Waals surface area contributed by atoms with Crippen LogP contribution in [0.25, 0.3) is 6.08 Å². The second kappa shape index (κ2) is 11.7. The quantitative estimate of drug-likeness (QED) is 0.243. The van der Waals surface area contributed by atoms with Crippen molar-refractivity contribution in [2.75, 3.05) is 30.6 Å². The Morgan fingerprint density at radius 1 is 1.09 bits per heavy atom. The molecule has 2 amide bonds. The molecule has 1 aromatic heterocycles. The first-order valence-corrected chi connectivity index (χ1v) is 11.8. The first kappa shape index (κ1) is 24.6. The summed E-state index contributed by atoms with van der Waals surface area (Å²) in [5.74, 6) is 0.771. The number of aryl methyl sites for hydroxylation is 1. The first-order valence-electron chi connectivity index (χ1n) is 9.61. The van der Waals surface area contributed by atoms with Crippen molar-refractivity contribution in [1.29, 1.82) is 0 Å². The molecule has 0 aliphatic heterocycles. The highest BCUT2D eigenvalue weighted by Gasteiger charge is 2.10. The van der Waals surface area contributed by atoms with Crippen molar-refractivity contribution < 1.29 is 19.1 Å². The zero-order valence-electron chi connectivity index (χ0n) is 18.0. The molecule has 0 saturated heterocycles. The molecule has 0 saturated carbocycles. The molecule has 172 valence electrons. The van der Waals surface area contributed by atoms with Gasteiger partial charge in [-0.2, -0.15) is 0 Å². The molecule has 0 atom stereocenters. The SMILES string of the molecule is COc1ccc(/C=C/C(=O)Nc2nnc(SCC(=O)Nc3ccc(C)c(Cl)c3)s2)cc1OC. The van der Waals surface area contributed by atoms with Gasteiger partial charge in [-0.05, 0) is 48.4 Å². The molecule has 33 heavy (non-hydrogen) atoms. The van der Waals surface area contributed by atoms with Gasteiger partial charge in [0.25, 0.3) is 0 Å². The topological polar surface area (TPSA) is 102 Å². The third-order valence-electron chi connectivity index (χ3n) is 4.25. The fourth-order valence-electron chi connectivity index (χ4n) is 2.59.